The number of benzene rings is 2. The Kier molecular flexibility index (Phi) is 3.11. The second-order valence-corrected chi connectivity index (χ2v) is 5.41. The summed E-state index contributed by atoms with van der Waals surface area (Å²) in [4.78, 5) is 12.2. The predicted molar refractivity (Wildman–Crippen MR) is 81.5 cm³/mol. The van der Waals surface area contributed by atoms with Gasteiger partial charge >= 0.3 is 0 Å². The summed E-state index contributed by atoms with van der Waals surface area (Å²) in [5.41, 5.74) is 5.19. The Morgan fingerprint density at radius 3 is 2.21 bits per heavy atom. The van der Waals surface area contributed by atoms with Crippen LogP contribution in [0, 0.1) is 0 Å². The lowest BCUT2D eigenvalue weighted by Gasteiger charge is -2.06. The minimum absolute atomic E-state index is 0.0742. The maximum atomic E-state index is 12.2. The van der Waals surface area contributed by atoms with E-state index in [1.807, 2.05) is 24.3 Å². The van der Waals surface area contributed by atoms with Crippen LogP contribution < -0.4 is 0 Å². The Morgan fingerprint density at radius 1 is 0.947 bits per heavy atom. The van der Waals surface area contributed by atoms with Crippen LogP contribution in [0.25, 0.3) is 5.57 Å². The second kappa shape index (κ2) is 4.78. The van der Waals surface area contributed by atoms with Gasteiger partial charge in [0.2, 0.25) is 5.78 Å². The van der Waals surface area contributed by atoms with Crippen LogP contribution in [0.3, 0.4) is 0 Å². The normalized spacial score (nSPS) is 13.9. The maximum absolute atomic E-state index is 12.2. The van der Waals surface area contributed by atoms with Crippen LogP contribution in [0.1, 0.15) is 34.0 Å². The van der Waals surface area contributed by atoms with E-state index in [9.17, 15) is 4.79 Å². The van der Waals surface area contributed by atoms with Crippen molar-refractivity contribution < 1.29 is 4.79 Å². The predicted octanol–water partition coefficient (Wildman–Crippen LogP) is 4.60. The molecule has 2 heteroatoms. The Balaban J connectivity index is 2.16. The Morgan fingerprint density at radius 2 is 1.58 bits per heavy atom. The molecule has 1 aliphatic carbocycles. The molecule has 0 heterocycles. The van der Waals surface area contributed by atoms with Crippen molar-refractivity contribution in [2.24, 2.45) is 0 Å². The van der Waals surface area contributed by atoms with Gasteiger partial charge in [-0.2, -0.15) is 0 Å². The number of rotatable bonds is 2. The maximum Gasteiger partial charge on any atom is 0.201 e. The fraction of sp³-hybridized carbons (Fsp3) is 0.118. The van der Waals surface area contributed by atoms with Gasteiger partial charge in [-0.1, -0.05) is 55.5 Å². The highest BCUT2D eigenvalue weighted by Crippen LogP contribution is 2.39. The standard InChI is InChI=1S/C17H13BrO/c1-2-11-7-9-12(10-8-11)15-13-5-3-4-6-14(13)17(19)16(15)18/h3-10H,2H2,1H3. The molecule has 0 bridgehead atoms. The smallest absolute Gasteiger partial charge is 0.201 e. The van der Waals surface area contributed by atoms with E-state index in [1.54, 1.807) is 0 Å². The highest BCUT2D eigenvalue weighted by molar-refractivity contribution is 9.12. The van der Waals surface area contributed by atoms with Crippen molar-refractivity contribution in [3.05, 3.63) is 75.3 Å². The topological polar surface area (TPSA) is 17.1 Å². The molecule has 0 spiro atoms. The van der Waals surface area contributed by atoms with Crippen LogP contribution in [-0.2, 0) is 6.42 Å². The minimum Gasteiger partial charge on any atom is -0.288 e. The summed E-state index contributed by atoms with van der Waals surface area (Å²) in [5.74, 6) is 0.0742. The lowest BCUT2D eigenvalue weighted by atomic mass is 9.98. The summed E-state index contributed by atoms with van der Waals surface area (Å²) in [6.45, 7) is 2.14. The summed E-state index contributed by atoms with van der Waals surface area (Å²) in [6.07, 6.45) is 1.02. The quantitative estimate of drug-likeness (QED) is 0.792. The van der Waals surface area contributed by atoms with Gasteiger partial charge in [0.25, 0.3) is 0 Å². The first kappa shape index (κ1) is 12.4. The highest BCUT2D eigenvalue weighted by atomic mass is 79.9. The summed E-state index contributed by atoms with van der Waals surface area (Å²) >= 11 is 3.45. The third-order valence-electron chi connectivity index (χ3n) is 3.51. The van der Waals surface area contributed by atoms with Crippen molar-refractivity contribution in [1.29, 1.82) is 0 Å². The largest absolute Gasteiger partial charge is 0.288 e. The van der Waals surface area contributed by atoms with Crippen LogP contribution in [0.5, 0.6) is 0 Å². The summed E-state index contributed by atoms with van der Waals surface area (Å²) in [5, 5.41) is 0. The van der Waals surface area contributed by atoms with Gasteiger partial charge in [0.15, 0.2) is 0 Å². The van der Waals surface area contributed by atoms with Gasteiger partial charge in [0.05, 0.1) is 4.48 Å². The average molecular weight is 313 g/mol. The van der Waals surface area contributed by atoms with E-state index in [1.165, 1.54) is 5.56 Å². The van der Waals surface area contributed by atoms with Gasteiger partial charge in [0.1, 0.15) is 0 Å². The van der Waals surface area contributed by atoms with Crippen LogP contribution in [0.4, 0.5) is 0 Å². The molecule has 0 saturated carbocycles. The van der Waals surface area contributed by atoms with E-state index in [0.29, 0.717) is 4.48 Å². The van der Waals surface area contributed by atoms with Crippen molar-refractivity contribution in [2.75, 3.05) is 0 Å². The number of allylic oxidation sites excluding steroid dienone is 1. The first-order valence-electron chi connectivity index (χ1n) is 6.35. The fourth-order valence-electron chi connectivity index (χ4n) is 2.44. The van der Waals surface area contributed by atoms with Crippen molar-refractivity contribution >= 4 is 27.3 Å². The number of aryl methyl sites for hydroxylation is 1. The number of hydrogen-bond acceptors (Lipinski definition) is 1. The molecule has 0 radical (unpaired) electrons. The third-order valence-corrected chi connectivity index (χ3v) is 4.27. The molecule has 3 rings (SSSR count). The van der Waals surface area contributed by atoms with Gasteiger partial charge in [-0.05, 0) is 39.0 Å². The molecule has 2 aromatic rings. The second-order valence-electron chi connectivity index (χ2n) is 4.61. The lowest BCUT2D eigenvalue weighted by molar-refractivity contribution is 0.104. The number of hydrogen-bond donors (Lipinski definition) is 0. The molecule has 0 fully saturated rings. The van der Waals surface area contributed by atoms with Crippen molar-refractivity contribution in [3.63, 3.8) is 0 Å². The summed E-state index contributed by atoms with van der Waals surface area (Å²) < 4.78 is 0.665. The van der Waals surface area contributed by atoms with Gasteiger partial charge < -0.3 is 0 Å². The van der Waals surface area contributed by atoms with Gasteiger partial charge in [-0.25, -0.2) is 0 Å². The van der Waals surface area contributed by atoms with Gasteiger partial charge in [-0.3, -0.25) is 4.79 Å². The number of halogens is 1. The van der Waals surface area contributed by atoms with E-state index < -0.39 is 0 Å². The highest BCUT2D eigenvalue weighted by Gasteiger charge is 2.28. The molecular formula is C17H13BrO. The summed E-state index contributed by atoms with van der Waals surface area (Å²) in [7, 11) is 0. The first-order chi connectivity index (χ1) is 9.22. The van der Waals surface area contributed by atoms with Crippen molar-refractivity contribution in [2.45, 2.75) is 13.3 Å². The van der Waals surface area contributed by atoms with Crippen molar-refractivity contribution in [3.8, 4) is 0 Å². The molecule has 0 aromatic heterocycles. The number of Topliss-reactive ketones (excluding diaryl/α,β-unsaturated/α-hetero) is 1. The Bertz CT molecular complexity index is 681. The molecule has 0 atom stereocenters. The molecular weight excluding hydrogens is 300 g/mol. The van der Waals surface area contributed by atoms with E-state index in [0.717, 1.165) is 28.7 Å². The Hall–Kier alpha value is -1.67. The van der Waals surface area contributed by atoms with E-state index >= 15 is 0 Å². The van der Waals surface area contributed by atoms with Gasteiger partial charge in [-0.15, -0.1) is 0 Å². The third kappa shape index (κ3) is 1.96. The van der Waals surface area contributed by atoms with Crippen LogP contribution in [0.2, 0.25) is 0 Å². The van der Waals surface area contributed by atoms with Crippen LogP contribution in [0.15, 0.2) is 53.0 Å². The zero-order chi connectivity index (χ0) is 13.4. The molecule has 1 nitrogen and oxygen atoms in total. The van der Waals surface area contributed by atoms with Crippen molar-refractivity contribution in [1.82, 2.24) is 0 Å². The molecule has 0 saturated heterocycles. The van der Waals surface area contributed by atoms with Crippen LogP contribution >= 0.6 is 15.9 Å². The number of ketones is 1. The van der Waals surface area contributed by atoms with E-state index in [4.69, 9.17) is 0 Å². The zero-order valence-electron chi connectivity index (χ0n) is 10.6. The Labute approximate surface area is 121 Å². The lowest BCUT2D eigenvalue weighted by Crippen LogP contribution is -1.92. The minimum atomic E-state index is 0.0742. The molecule has 19 heavy (non-hydrogen) atoms. The summed E-state index contributed by atoms with van der Waals surface area (Å²) in [6, 6.07) is 16.2. The molecule has 2 aromatic carbocycles. The SMILES string of the molecule is CCc1ccc(C2=C(Br)C(=O)c3ccccc32)cc1. The number of fused-ring (bicyclic) bond motifs is 1. The molecule has 0 unspecified atom stereocenters. The zero-order valence-corrected chi connectivity index (χ0v) is 12.2. The van der Waals surface area contributed by atoms with E-state index in [-0.39, 0.29) is 5.78 Å². The molecule has 1 aliphatic rings. The van der Waals surface area contributed by atoms with Gasteiger partial charge in [0, 0.05) is 11.1 Å². The fourth-order valence-corrected chi connectivity index (χ4v) is 3.09. The van der Waals surface area contributed by atoms with Crippen LogP contribution in [-0.4, -0.2) is 5.78 Å². The number of carbonyl (C=O) groups excluding carboxylic acids is 1. The molecule has 0 aliphatic heterocycles. The molecule has 0 N–H and O–H groups in total. The molecule has 94 valence electrons. The average Bonchev–Trinajstić information content (AvgIpc) is 2.72. The first-order valence-corrected chi connectivity index (χ1v) is 7.15. The monoisotopic (exact) mass is 312 g/mol. The molecule has 0 amide bonds. The van der Waals surface area contributed by atoms with E-state index in [2.05, 4.69) is 47.1 Å². The number of carbonyl (C=O) groups is 1.